The minimum absolute atomic E-state index is 0.239. The molecule has 0 aliphatic heterocycles. The topological polar surface area (TPSA) is 43.6 Å². The van der Waals surface area contributed by atoms with Crippen molar-refractivity contribution < 1.29 is 4.39 Å². The van der Waals surface area contributed by atoms with Gasteiger partial charge in [0.1, 0.15) is 5.82 Å². The Bertz CT molecular complexity index is 833. The van der Waals surface area contributed by atoms with Crippen molar-refractivity contribution in [2.75, 3.05) is 0 Å². The summed E-state index contributed by atoms with van der Waals surface area (Å²) in [6, 6.07) is 13.2. The summed E-state index contributed by atoms with van der Waals surface area (Å²) in [4.78, 5) is 0. The van der Waals surface area contributed by atoms with Crippen LogP contribution in [0.15, 0.2) is 52.1 Å². The molecule has 124 valence electrons. The van der Waals surface area contributed by atoms with Crippen LogP contribution in [0.4, 0.5) is 4.39 Å². The van der Waals surface area contributed by atoms with E-state index in [1.807, 2.05) is 18.2 Å². The van der Waals surface area contributed by atoms with E-state index in [2.05, 4.69) is 57.4 Å². The van der Waals surface area contributed by atoms with E-state index < -0.39 is 0 Å². The van der Waals surface area contributed by atoms with Gasteiger partial charge in [-0.05, 0) is 51.7 Å². The van der Waals surface area contributed by atoms with Gasteiger partial charge in [-0.3, -0.25) is 0 Å². The Labute approximate surface area is 152 Å². The van der Waals surface area contributed by atoms with E-state index in [4.69, 9.17) is 0 Å². The molecule has 4 nitrogen and oxygen atoms in total. The number of benzene rings is 2. The number of hydrogen-bond donors (Lipinski definition) is 0. The molecule has 0 amide bonds. The third kappa shape index (κ3) is 3.84. The van der Waals surface area contributed by atoms with E-state index in [-0.39, 0.29) is 5.82 Å². The fraction of sp³-hybridized carbons (Fsp3) is 0.235. The Kier molecular flexibility index (Phi) is 5.30. The van der Waals surface area contributed by atoms with Gasteiger partial charge in [0, 0.05) is 10.2 Å². The molecule has 0 spiro atoms. The van der Waals surface area contributed by atoms with Crippen LogP contribution in [0.5, 0.6) is 0 Å². The highest BCUT2D eigenvalue weighted by atomic mass is 79.9. The van der Waals surface area contributed by atoms with Gasteiger partial charge in [0.25, 0.3) is 0 Å². The number of hydrogen-bond acceptors (Lipinski definition) is 4. The number of rotatable bonds is 5. The molecule has 0 aliphatic carbocycles. The molecule has 0 aliphatic rings. The van der Waals surface area contributed by atoms with Gasteiger partial charge >= 0.3 is 0 Å². The van der Waals surface area contributed by atoms with Gasteiger partial charge in [-0.15, -0.1) is 5.10 Å². The molecule has 0 atom stereocenters. The molecule has 1 aromatic heterocycles. The molecule has 3 rings (SSSR count). The first-order valence-corrected chi connectivity index (χ1v) is 9.28. The molecular formula is C17H16BrFN4S. The van der Waals surface area contributed by atoms with Crippen molar-refractivity contribution in [2.45, 2.75) is 30.7 Å². The van der Waals surface area contributed by atoms with Gasteiger partial charge in [0.2, 0.25) is 5.16 Å². The average Bonchev–Trinajstić information content (AvgIpc) is 3.02. The molecule has 24 heavy (non-hydrogen) atoms. The van der Waals surface area contributed by atoms with Crippen LogP contribution < -0.4 is 0 Å². The maximum Gasteiger partial charge on any atom is 0.214 e. The molecule has 1 heterocycles. The standard InChI is InChI=1S/C17H16BrFN4S/c1-11(2)12-4-7-15(8-5-12)23-17(20-21-22-23)24-10-13-3-6-14(18)9-16(13)19/h3-9,11H,10H2,1-2H3. The van der Waals surface area contributed by atoms with E-state index in [9.17, 15) is 4.39 Å². The molecule has 2 aromatic carbocycles. The minimum atomic E-state index is -0.239. The molecule has 0 N–H and O–H groups in total. The van der Waals surface area contributed by atoms with Crippen LogP contribution in [-0.4, -0.2) is 20.2 Å². The van der Waals surface area contributed by atoms with Crippen LogP contribution >= 0.6 is 27.7 Å². The molecule has 0 saturated heterocycles. The Morgan fingerprint density at radius 2 is 1.92 bits per heavy atom. The number of thioether (sulfide) groups is 1. The summed E-state index contributed by atoms with van der Waals surface area (Å²) >= 11 is 4.66. The summed E-state index contributed by atoms with van der Waals surface area (Å²) in [5, 5.41) is 12.5. The zero-order valence-electron chi connectivity index (χ0n) is 13.3. The highest BCUT2D eigenvalue weighted by molar-refractivity contribution is 9.10. The summed E-state index contributed by atoms with van der Waals surface area (Å²) in [5.74, 6) is 0.697. The first kappa shape index (κ1) is 17.1. The first-order chi connectivity index (χ1) is 11.5. The number of aromatic nitrogens is 4. The molecule has 0 unspecified atom stereocenters. The Morgan fingerprint density at radius 1 is 1.17 bits per heavy atom. The summed E-state index contributed by atoms with van der Waals surface area (Å²) in [6.45, 7) is 4.31. The lowest BCUT2D eigenvalue weighted by atomic mass is 10.0. The normalized spacial score (nSPS) is 11.2. The van der Waals surface area contributed by atoms with Crippen molar-refractivity contribution >= 4 is 27.7 Å². The molecule has 7 heteroatoms. The summed E-state index contributed by atoms with van der Waals surface area (Å²) < 4.78 is 16.3. The fourth-order valence-electron chi connectivity index (χ4n) is 2.21. The van der Waals surface area contributed by atoms with Crippen LogP contribution in [0, 0.1) is 5.82 Å². The highest BCUT2D eigenvalue weighted by Crippen LogP contribution is 2.25. The lowest BCUT2D eigenvalue weighted by Gasteiger charge is -2.08. The maximum atomic E-state index is 13.9. The third-order valence-electron chi connectivity index (χ3n) is 3.62. The van der Waals surface area contributed by atoms with Gasteiger partial charge in [0.15, 0.2) is 0 Å². The van der Waals surface area contributed by atoms with Crippen molar-refractivity contribution in [3.63, 3.8) is 0 Å². The Morgan fingerprint density at radius 3 is 2.58 bits per heavy atom. The Hall–Kier alpha value is -1.73. The fourth-order valence-corrected chi connectivity index (χ4v) is 3.42. The molecular weight excluding hydrogens is 391 g/mol. The van der Waals surface area contributed by atoms with Crippen molar-refractivity contribution in [2.24, 2.45) is 0 Å². The highest BCUT2D eigenvalue weighted by Gasteiger charge is 2.11. The Balaban J connectivity index is 1.77. The van der Waals surface area contributed by atoms with Crippen LogP contribution in [-0.2, 0) is 5.75 Å². The van der Waals surface area contributed by atoms with E-state index in [0.717, 1.165) is 10.2 Å². The van der Waals surface area contributed by atoms with Crippen molar-refractivity contribution in [3.05, 3.63) is 63.9 Å². The zero-order chi connectivity index (χ0) is 17.1. The smallest absolute Gasteiger partial charge is 0.207 e. The molecule has 3 aromatic rings. The van der Waals surface area contributed by atoms with Gasteiger partial charge in [0.05, 0.1) is 5.69 Å². The van der Waals surface area contributed by atoms with Gasteiger partial charge in [-0.1, -0.05) is 59.7 Å². The molecule has 0 radical (unpaired) electrons. The number of halogens is 2. The minimum Gasteiger partial charge on any atom is -0.207 e. The first-order valence-electron chi connectivity index (χ1n) is 7.50. The predicted octanol–water partition coefficient (Wildman–Crippen LogP) is 4.98. The zero-order valence-corrected chi connectivity index (χ0v) is 15.7. The van der Waals surface area contributed by atoms with Gasteiger partial charge < -0.3 is 0 Å². The van der Waals surface area contributed by atoms with Crippen LogP contribution in [0.2, 0.25) is 0 Å². The summed E-state index contributed by atoms with van der Waals surface area (Å²) in [6.07, 6.45) is 0. The van der Waals surface area contributed by atoms with E-state index >= 15 is 0 Å². The van der Waals surface area contributed by atoms with E-state index in [1.54, 1.807) is 10.7 Å². The molecule has 0 bridgehead atoms. The third-order valence-corrected chi connectivity index (χ3v) is 5.08. The van der Waals surface area contributed by atoms with Gasteiger partial charge in [-0.25, -0.2) is 4.39 Å². The number of nitrogens with zero attached hydrogens (tertiary/aromatic N) is 4. The van der Waals surface area contributed by atoms with Crippen molar-refractivity contribution in [1.29, 1.82) is 0 Å². The number of tetrazole rings is 1. The van der Waals surface area contributed by atoms with E-state index in [0.29, 0.717) is 22.4 Å². The van der Waals surface area contributed by atoms with Crippen molar-refractivity contribution in [1.82, 2.24) is 20.2 Å². The second-order valence-electron chi connectivity index (χ2n) is 5.64. The predicted molar refractivity (Wildman–Crippen MR) is 96.9 cm³/mol. The maximum absolute atomic E-state index is 13.9. The van der Waals surface area contributed by atoms with Crippen LogP contribution in [0.1, 0.15) is 30.9 Å². The molecule has 0 saturated carbocycles. The monoisotopic (exact) mass is 406 g/mol. The van der Waals surface area contributed by atoms with Crippen LogP contribution in [0.25, 0.3) is 5.69 Å². The lowest BCUT2D eigenvalue weighted by Crippen LogP contribution is -2.00. The second-order valence-corrected chi connectivity index (χ2v) is 7.50. The SMILES string of the molecule is CC(C)c1ccc(-n2nnnc2SCc2ccc(Br)cc2F)cc1. The second kappa shape index (κ2) is 7.44. The lowest BCUT2D eigenvalue weighted by molar-refractivity contribution is 0.616. The van der Waals surface area contributed by atoms with Crippen LogP contribution in [0.3, 0.4) is 0 Å². The summed E-state index contributed by atoms with van der Waals surface area (Å²) in [7, 11) is 0. The average molecular weight is 407 g/mol. The van der Waals surface area contributed by atoms with Gasteiger partial charge in [-0.2, -0.15) is 4.68 Å². The van der Waals surface area contributed by atoms with E-state index in [1.165, 1.54) is 23.4 Å². The van der Waals surface area contributed by atoms with Crippen molar-refractivity contribution in [3.8, 4) is 5.69 Å². The quantitative estimate of drug-likeness (QED) is 0.560. The largest absolute Gasteiger partial charge is 0.214 e. The summed E-state index contributed by atoms with van der Waals surface area (Å²) in [5.41, 5.74) is 2.77. The molecule has 0 fully saturated rings.